The van der Waals surface area contributed by atoms with Gasteiger partial charge in [0.1, 0.15) is 0 Å². The molecule has 0 amide bonds. The number of nitrogens with zero attached hydrogens (tertiary/aromatic N) is 4. The standard InChI is InChI=1S/C14H18ClN5S/c15-11-4-3-5-12(10-11)16-8-9-21-14-17-18-19-20(14)13-6-1-2-7-13/h3-5,10,13,16H,1-2,6-9H2. The van der Waals surface area contributed by atoms with Gasteiger partial charge in [0.15, 0.2) is 0 Å². The molecule has 7 heteroatoms. The van der Waals surface area contributed by atoms with Crippen LogP contribution in [0.3, 0.4) is 0 Å². The first-order valence-electron chi connectivity index (χ1n) is 7.23. The summed E-state index contributed by atoms with van der Waals surface area (Å²) in [6, 6.07) is 8.24. The Labute approximate surface area is 133 Å². The molecule has 1 aromatic heterocycles. The Morgan fingerprint density at radius 3 is 3.00 bits per heavy atom. The van der Waals surface area contributed by atoms with Gasteiger partial charge in [-0.2, -0.15) is 0 Å². The molecule has 1 aromatic carbocycles. The molecular formula is C14H18ClN5S. The number of halogens is 1. The zero-order valence-electron chi connectivity index (χ0n) is 11.7. The van der Waals surface area contributed by atoms with Gasteiger partial charge in [-0.15, -0.1) is 5.10 Å². The molecule has 0 bridgehead atoms. The normalized spacial score (nSPS) is 15.5. The van der Waals surface area contributed by atoms with Crippen molar-refractivity contribution < 1.29 is 0 Å². The number of anilines is 1. The number of hydrogen-bond acceptors (Lipinski definition) is 5. The smallest absolute Gasteiger partial charge is 0.209 e. The highest BCUT2D eigenvalue weighted by Gasteiger charge is 2.21. The third kappa shape index (κ3) is 3.89. The van der Waals surface area contributed by atoms with E-state index in [0.29, 0.717) is 6.04 Å². The molecule has 2 aromatic rings. The number of rotatable bonds is 6. The zero-order valence-corrected chi connectivity index (χ0v) is 13.3. The maximum Gasteiger partial charge on any atom is 0.209 e. The van der Waals surface area contributed by atoms with Crippen molar-refractivity contribution in [1.82, 2.24) is 20.2 Å². The van der Waals surface area contributed by atoms with E-state index in [2.05, 4.69) is 20.8 Å². The van der Waals surface area contributed by atoms with Gasteiger partial charge >= 0.3 is 0 Å². The Morgan fingerprint density at radius 2 is 2.19 bits per heavy atom. The number of nitrogens with one attached hydrogen (secondary N) is 1. The molecule has 1 aliphatic carbocycles. The summed E-state index contributed by atoms with van der Waals surface area (Å²) in [5.74, 6) is 0.916. The van der Waals surface area contributed by atoms with Crippen LogP contribution in [0.5, 0.6) is 0 Å². The Hall–Kier alpha value is -1.27. The molecule has 1 heterocycles. The Morgan fingerprint density at radius 1 is 1.33 bits per heavy atom. The summed E-state index contributed by atoms with van der Waals surface area (Å²) in [5.41, 5.74) is 1.04. The number of tetrazole rings is 1. The molecule has 1 N–H and O–H groups in total. The lowest BCUT2D eigenvalue weighted by atomic mass is 10.3. The summed E-state index contributed by atoms with van der Waals surface area (Å²) in [4.78, 5) is 0. The van der Waals surface area contributed by atoms with E-state index < -0.39 is 0 Å². The fourth-order valence-corrected chi connectivity index (χ4v) is 3.58. The van der Waals surface area contributed by atoms with E-state index in [1.54, 1.807) is 11.8 Å². The molecule has 1 aliphatic rings. The van der Waals surface area contributed by atoms with E-state index >= 15 is 0 Å². The molecule has 0 radical (unpaired) electrons. The monoisotopic (exact) mass is 323 g/mol. The van der Waals surface area contributed by atoms with E-state index in [9.17, 15) is 0 Å². The predicted octanol–water partition coefficient (Wildman–Crippen LogP) is 3.65. The van der Waals surface area contributed by atoms with E-state index in [1.165, 1.54) is 25.7 Å². The minimum Gasteiger partial charge on any atom is -0.384 e. The quantitative estimate of drug-likeness (QED) is 0.649. The molecule has 0 saturated heterocycles. The molecule has 0 unspecified atom stereocenters. The molecule has 0 atom stereocenters. The summed E-state index contributed by atoms with van der Waals surface area (Å²) in [6.45, 7) is 0.850. The van der Waals surface area contributed by atoms with Crippen LogP contribution in [0.1, 0.15) is 31.7 Å². The van der Waals surface area contributed by atoms with Crippen molar-refractivity contribution in [2.45, 2.75) is 36.9 Å². The maximum absolute atomic E-state index is 5.96. The second-order valence-corrected chi connectivity index (χ2v) is 6.63. The van der Waals surface area contributed by atoms with E-state index in [4.69, 9.17) is 11.6 Å². The fourth-order valence-electron chi connectivity index (χ4n) is 2.59. The molecule has 1 saturated carbocycles. The van der Waals surface area contributed by atoms with Gasteiger partial charge in [0, 0.05) is 23.0 Å². The lowest BCUT2D eigenvalue weighted by Crippen LogP contribution is -2.10. The molecule has 112 valence electrons. The topological polar surface area (TPSA) is 55.6 Å². The zero-order chi connectivity index (χ0) is 14.5. The third-order valence-electron chi connectivity index (χ3n) is 3.62. The average molecular weight is 324 g/mol. The summed E-state index contributed by atoms with van der Waals surface area (Å²) < 4.78 is 2.00. The SMILES string of the molecule is Clc1cccc(NCCSc2nnnn2C2CCCC2)c1. The summed E-state index contributed by atoms with van der Waals surface area (Å²) in [5, 5.41) is 17.1. The largest absolute Gasteiger partial charge is 0.384 e. The van der Waals surface area contributed by atoms with E-state index in [-0.39, 0.29) is 0 Å². The molecule has 5 nitrogen and oxygen atoms in total. The van der Waals surface area contributed by atoms with Gasteiger partial charge < -0.3 is 5.32 Å². The molecule has 21 heavy (non-hydrogen) atoms. The second kappa shape index (κ2) is 7.13. The first kappa shape index (κ1) is 14.7. The van der Waals surface area contributed by atoms with Crippen LogP contribution >= 0.6 is 23.4 Å². The minimum absolute atomic E-state index is 0.489. The molecule has 3 rings (SSSR count). The van der Waals surface area contributed by atoms with E-state index in [0.717, 1.165) is 28.2 Å². The third-order valence-corrected chi connectivity index (χ3v) is 4.79. The Bertz CT molecular complexity index is 582. The summed E-state index contributed by atoms with van der Waals surface area (Å²) in [7, 11) is 0. The van der Waals surface area contributed by atoms with Crippen LogP contribution in [0, 0.1) is 0 Å². The molecular weight excluding hydrogens is 306 g/mol. The number of hydrogen-bond donors (Lipinski definition) is 1. The van der Waals surface area contributed by atoms with Gasteiger partial charge in [0.25, 0.3) is 0 Å². The first-order valence-corrected chi connectivity index (χ1v) is 8.59. The second-order valence-electron chi connectivity index (χ2n) is 5.13. The van der Waals surface area contributed by atoms with Crippen LogP contribution in [0.4, 0.5) is 5.69 Å². The Balaban J connectivity index is 1.48. The van der Waals surface area contributed by atoms with E-state index in [1.807, 2.05) is 28.9 Å². The average Bonchev–Trinajstić information content (AvgIpc) is 3.14. The van der Waals surface area contributed by atoms with Crippen molar-refractivity contribution in [2.24, 2.45) is 0 Å². The highest BCUT2D eigenvalue weighted by molar-refractivity contribution is 7.99. The van der Waals surface area contributed by atoms with Crippen LogP contribution in [0.25, 0.3) is 0 Å². The van der Waals surface area contributed by atoms with Crippen molar-refractivity contribution in [3.05, 3.63) is 29.3 Å². The van der Waals surface area contributed by atoms with Crippen LogP contribution in [0.15, 0.2) is 29.4 Å². The minimum atomic E-state index is 0.489. The van der Waals surface area contributed by atoms with Crippen LogP contribution in [0.2, 0.25) is 5.02 Å². The lowest BCUT2D eigenvalue weighted by Gasteiger charge is -2.11. The van der Waals surface area contributed by atoms with Gasteiger partial charge in [-0.25, -0.2) is 4.68 Å². The van der Waals surface area contributed by atoms with Gasteiger partial charge in [-0.05, 0) is 41.5 Å². The fraction of sp³-hybridized carbons (Fsp3) is 0.500. The Kier molecular flexibility index (Phi) is 4.98. The van der Waals surface area contributed by atoms with Crippen molar-refractivity contribution in [3.63, 3.8) is 0 Å². The van der Waals surface area contributed by atoms with Crippen LogP contribution in [-0.2, 0) is 0 Å². The van der Waals surface area contributed by atoms with Gasteiger partial charge in [-0.3, -0.25) is 0 Å². The number of thioether (sulfide) groups is 1. The predicted molar refractivity (Wildman–Crippen MR) is 86.0 cm³/mol. The van der Waals surface area contributed by atoms with Gasteiger partial charge in [-0.1, -0.05) is 42.3 Å². The van der Waals surface area contributed by atoms with Crippen molar-refractivity contribution in [1.29, 1.82) is 0 Å². The van der Waals surface area contributed by atoms with Crippen molar-refractivity contribution in [3.8, 4) is 0 Å². The molecule has 1 fully saturated rings. The van der Waals surface area contributed by atoms with Gasteiger partial charge in [0.2, 0.25) is 5.16 Å². The molecule has 0 aliphatic heterocycles. The molecule has 0 spiro atoms. The highest BCUT2D eigenvalue weighted by Crippen LogP contribution is 2.31. The maximum atomic E-state index is 5.96. The first-order chi connectivity index (χ1) is 10.3. The summed E-state index contributed by atoms with van der Waals surface area (Å²) in [6.07, 6.45) is 4.95. The van der Waals surface area contributed by atoms with Crippen molar-refractivity contribution in [2.75, 3.05) is 17.6 Å². The van der Waals surface area contributed by atoms with Crippen LogP contribution < -0.4 is 5.32 Å². The highest BCUT2D eigenvalue weighted by atomic mass is 35.5. The van der Waals surface area contributed by atoms with Crippen molar-refractivity contribution >= 4 is 29.1 Å². The lowest BCUT2D eigenvalue weighted by molar-refractivity contribution is 0.423. The number of aromatic nitrogens is 4. The van der Waals surface area contributed by atoms with Gasteiger partial charge in [0.05, 0.1) is 6.04 Å². The van der Waals surface area contributed by atoms with Crippen LogP contribution in [-0.4, -0.2) is 32.5 Å². The summed E-state index contributed by atoms with van der Waals surface area (Å²) >= 11 is 7.65. The number of benzene rings is 1.